The molecule has 0 saturated carbocycles. The number of rotatable bonds is 2. The van der Waals surface area contributed by atoms with Crippen LogP contribution in [0.4, 0.5) is 0 Å². The highest BCUT2D eigenvalue weighted by atomic mass is 16.4. The lowest BCUT2D eigenvalue weighted by atomic mass is 10.1. The van der Waals surface area contributed by atoms with Gasteiger partial charge in [-0.2, -0.15) is 5.10 Å². The van der Waals surface area contributed by atoms with Gasteiger partial charge in [-0.3, -0.25) is 4.98 Å². The molecule has 3 aromatic rings. The van der Waals surface area contributed by atoms with Gasteiger partial charge < -0.3 is 5.11 Å². The third-order valence-electron chi connectivity index (χ3n) is 3.36. The molecule has 3 rings (SSSR count). The number of aromatic carboxylic acids is 1. The van der Waals surface area contributed by atoms with Crippen LogP contribution in [0.25, 0.3) is 16.6 Å². The number of fused-ring (bicyclic) bond motifs is 1. The van der Waals surface area contributed by atoms with E-state index in [9.17, 15) is 9.90 Å². The van der Waals surface area contributed by atoms with Gasteiger partial charge >= 0.3 is 5.97 Å². The van der Waals surface area contributed by atoms with Crippen molar-refractivity contribution in [2.24, 2.45) is 0 Å². The van der Waals surface area contributed by atoms with Gasteiger partial charge in [-0.15, -0.1) is 0 Å². The Labute approximate surface area is 115 Å². The molecule has 5 nitrogen and oxygen atoms in total. The molecule has 5 heteroatoms. The quantitative estimate of drug-likeness (QED) is 0.775. The number of nitrogens with zero attached hydrogens (tertiary/aromatic N) is 3. The minimum atomic E-state index is -0.954. The highest BCUT2D eigenvalue weighted by Crippen LogP contribution is 2.23. The predicted octanol–water partition coefficient (Wildman–Crippen LogP) is 2.74. The first-order valence-electron chi connectivity index (χ1n) is 6.23. The lowest BCUT2D eigenvalue weighted by Gasteiger charge is -2.08. The maximum Gasteiger partial charge on any atom is 0.339 e. The predicted molar refractivity (Wildman–Crippen MR) is 75.3 cm³/mol. The second kappa shape index (κ2) is 4.45. The number of pyridine rings is 1. The Morgan fingerprint density at radius 2 is 1.95 bits per heavy atom. The largest absolute Gasteiger partial charge is 0.478 e. The van der Waals surface area contributed by atoms with E-state index in [1.807, 2.05) is 30.3 Å². The molecular formula is C15H13N3O2. The maximum atomic E-state index is 11.3. The van der Waals surface area contributed by atoms with Gasteiger partial charge in [-0.05, 0) is 26.0 Å². The molecule has 100 valence electrons. The Bertz CT molecular complexity index is 816. The van der Waals surface area contributed by atoms with E-state index in [4.69, 9.17) is 0 Å². The number of carbonyl (C=O) groups is 1. The molecule has 0 unspecified atom stereocenters. The van der Waals surface area contributed by atoms with Crippen molar-refractivity contribution in [1.82, 2.24) is 14.8 Å². The van der Waals surface area contributed by atoms with Gasteiger partial charge in [0.1, 0.15) is 5.56 Å². The van der Waals surface area contributed by atoms with Gasteiger partial charge in [0, 0.05) is 11.6 Å². The fourth-order valence-electron chi connectivity index (χ4n) is 2.45. The van der Waals surface area contributed by atoms with Crippen LogP contribution in [-0.2, 0) is 0 Å². The second-order valence-electron chi connectivity index (χ2n) is 4.61. The summed E-state index contributed by atoms with van der Waals surface area (Å²) in [7, 11) is 0. The minimum Gasteiger partial charge on any atom is -0.478 e. The van der Waals surface area contributed by atoms with Crippen LogP contribution in [-0.4, -0.2) is 25.8 Å². The zero-order chi connectivity index (χ0) is 14.3. The van der Waals surface area contributed by atoms with Crippen LogP contribution < -0.4 is 0 Å². The maximum absolute atomic E-state index is 11.3. The fraction of sp³-hybridized carbons (Fsp3) is 0.133. The summed E-state index contributed by atoms with van der Waals surface area (Å²) >= 11 is 0. The van der Waals surface area contributed by atoms with Gasteiger partial charge in [0.25, 0.3) is 0 Å². The molecule has 0 fully saturated rings. The van der Waals surface area contributed by atoms with Crippen molar-refractivity contribution >= 4 is 16.9 Å². The molecule has 0 aliphatic rings. The van der Waals surface area contributed by atoms with Crippen LogP contribution in [0.3, 0.4) is 0 Å². The van der Waals surface area contributed by atoms with Crippen molar-refractivity contribution in [3.63, 3.8) is 0 Å². The molecule has 20 heavy (non-hydrogen) atoms. The first kappa shape index (κ1) is 12.3. The van der Waals surface area contributed by atoms with E-state index < -0.39 is 5.97 Å². The molecule has 0 atom stereocenters. The summed E-state index contributed by atoms with van der Waals surface area (Å²) in [6.07, 6.45) is 1.70. The molecule has 1 aromatic carbocycles. The molecule has 0 spiro atoms. The minimum absolute atomic E-state index is 0.255. The fourth-order valence-corrected chi connectivity index (χ4v) is 2.45. The van der Waals surface area contributed by atoms with E-state index in [0.717, 1.165) is 16.6 Å². The number of hydrogen-bond donors (Lipinski definition) is 1. The van der Waals surface area contributed by atoms with Crippen LogP contribution in [0.5, 0.6) is 0 Å². The summed E-state index contributed by atoms with van der Waals surface area (Å²) < 4.78 is 1.67. The zero-order valence-electron chi connectivity index (χ0n) is 11.2. The van der Waals surface area contributed by atoms with E-state index in [2.05, 4.69) is 10.1 Å². The first-order chi connectivity index (χ1) is 9.59. The van der Waals surface area contributed by atoms with Crippen LogP contribution in [0.15, 0.2) is 36.5 Å². The molecule has 0 radical (unpaired) electrons. The topological polar surface area (TPSA) is 68.0 Å². The first-order valence-corrected chi connectivity index (χ1v) is 6.23. The molecule has 0 bridgehead atoms. The molecule has 0 aliphatic heterocycles. The second-order valence-corrected chi connectivity index (χ2v) is 4.61. The molecule has 2 heterocycles. The number of para-hydroxylation sites is 1. The molecule has 0 saturated heterocycles. The van der Waals surface area contributed by atoms with Crippen LogP contribution in [0, 0.1) is 13.8 Å². The lowest BCUT2D eigenvalue weighted by molar-refractivity contribution is 0.0695. The van der Waals surface area contributed by atoms with Gasteiger partial charge in [0.05, 0.1) is 22.6 Å². The van der Waals surface area contributed by atoms with E-state index in [1.54, 1.807) is 24.7 Å². The third-order valence-corrected chi connectivity index (χ3v) is 3.36. The van der Waals surface area contributed by atoms with Crippen molar-refractivity contribution in [3.05, 3.63) is 53.5 Å². The molecule has 2 aromatic heterocycles. The molecule has 1 N–H and O–H groups in total. The standard InChI is InChI=1S/C15H13N3O2/c1-9-14(15(19)20)10(2)18(17-9)13-7-8-16-12-6-4-3-5-11(12)13/h3-8H,1-2H3,(H,19,20). The normalized spacial score (nSPS) is 10.9. The summed E-state index contributed by atoms with van der Waals surface area (Å²) in [6, 6.07) is 9.56. The van der Waals surface area contributed by atoms with Crippen molar-refractivity contribution in [1.29, 1.82) is 0 Å². The Morgan fingerprint density at radius 3 is 2.65 bits per heavy atom. The highest BCUT2D eigenvalue weighted by molar-refractivity contribution is 5.91. The smallest absolute Gasteiger partial charge is 0.339 e. The van der Waals surface area contributed by atoms with Gasteiger partial charge in [-0.1, -0.05) is 18.2 Å². The zero-order valence-corrected chi connectivity index (χ0v) is 11.2. The highest BCUT2D eigenvalue weighted by Gasteiger charge is 2.19. The Morgan fingerprint density at radius 1 is 1.20 bits per heavy atom. The summed E-state index contributed by atoms with van der Waals surface area (Å²) in [5.41, 5.74) is 3.08. The van der Waals surface area contributed by atoms with Gasteiger partial charge in [-0.25, -0.2) is 9.48 Å². The Kier molecular flexibility index (Phi) is 2.75. The number of carboxylic acid groups (broad SMARTS) is 1. The average molecular weight is 267 g/mol. The van der Waals surface area contributed by atoms with Crippen molar-refractivity contribution in [3.8, 4) is 5.69 Å². The summed E-state index contributed by atoms with van der Waals surface area (Å²) in [6.45, 7) is 3.47. The van der Waals surface area contributed by atoms with E-state index in [1.165, 1.54) is 0 Å². The number of aryl methyl sites for hydroxylation is 1. The van der Waals surface area contributed by atoms with Crippen molar-refractivity contribution < 1.29 is 9.90 Å². The van der Waals surface area contributed by atoms with Crippen LogP contribution in [0.2, 0.25) is 0 Å². The molecule has 0 aliphatic carbocycles. The third kappa shape index (κ3) is 1.75. The number of benzene rings is 1. The van der Waals surface area contributed by atoms with Crippen LogP contribution in [0.1, 0.15) is 21.7 Å². The molecular weight excluding hydrogens is 254 g/mol. The van der Waals surface area contributed by atoms with Crippen molar-refractivity contribution in [2.45, 2.75) is 13.8 Å². The van der Waals surface area contributed by atoms with Crippen LogP contribution >= 0.6 is 0 Å². The van der Waals surface area contributed by atoms with E-state index >= 15 is 0 Å². The summed E-state index contributed by atoms with van der Waals surface area (Å²) in [4.78, 5) is 15.6. The Balaban J connectivity index is 2.32. The number of aromatic nitrogens is 3. The SMILES string of the molecule is Cc1nn(-c2ccnc3ccccc23)c(C)c1C(=O)O. The monoisotopic (exact) mass is 267 g/mol. The summed E-state index contributed by atoms with van der Waals surface area (Å²) in [5, 5.41) is 14.6. The van der Waals surface area contributed by atoms with Crippen molar-refractivity contribution in [2.75, 3.05) is 0 Å². The number of hydrogen-bond acceptors (Lipinski definition) is 3. The Hall–Kier alpha value is -2.69. The average Bonchev–Trinajstić information content (AvgIpc) is 2.73. The van der Waals surface area contributed by atoms with Gasteiger partial charge in [0.2, 0.25) is 0 Å². The van der Waals surface area contributed by atoms with E-state index in [-0.39, 0.29) is 5.56 Å². The van der Waals surface area contributed by atoms with E-state index in [0.29, 0.717) is 11.4 Å². The van der Waals surface area contributed by atoms with Gasteiger partial charge in [0.15, 0.2) is 0 Å². The lowest BCUT2D eigenvalue weighted by Crippen LogP contribution is -2.03. The molecule has 0 amide bonds. The summed E-state index contributed by atoms with van der Waals surface area (Å²) in [5.74, 6) is -0.954. The number of carboxylic acids is 1.